The standard InChI is InChI=1S/C10H8N2O10/c1-19-9(13)21-7-4-8(22-10(14)20-2)6(12(17)18)3-5(7)11(15)16/h3-4H,1-2H3. The summed E-state index contributed by atoms with van der Waals surface area (Å²) < 4.78 is 17.3. The third-order valence-corrected chi connectivity index (χ3v) is 2.15. The quantitative estimate of drug-likeness (QED) is 0.347. The summed E-state index contributed by atoms with van der Waals surface area (Å²) in [5.74, 6) is -1.41. The van der Waals surface area contributed by atoms with E-state index in [-0.39, 0.29) is 0 Å². The number of carbonyl (C=O) groups is 2. The molecule has 1 aromatic carbocycles. The van der Waals surface area contributed by atoms with Crippen LogP contribution in [0.2, 0.25) is 0 Å². The van der Waals surface area contributed by atoms with Crippen LogP contribution >= 0.6 is 0 Å². The molecule has 0 amide bonds. The molecule has 1 aromatic rings. The molecule has 12 heteroatoms. The number of benzene rings is 1. The van der Waals surface area contributed by atoms with E-state index < -0.39 is 45.0 Å². The third kappa shape index (κ3) is 3.78. The van der Waals surface area contributed by atoms with Gasteiger partial charge in [-0.1, -0.05) is 0 Å². The molecule has 0 bridgehead atoms. The highest BCUT2D eigenvalue weighted by Crippen LogP contribution is 2.39. The lowest BCUT2D eigenvalue weighted by Crippen LogP contribution is -2.12. The summed E-state index contributed by atoms with van der Waals surface area (Å²) in [6, 6.07) is 1.10. The zero-order valence-electron chi connectivity index (χ0n) is 11.1. The van der Waals surface area contributed by atoms with Crippen molar-refractivity contribution in [2.45, 2.75) is 0 Å². The van der Waals surface area contributed by atoms with Gasteiger partial charge < -0.3 is 18.9 Å². The maximum atomic E-state index is 11.0. The van der Waals surface area contributed by atoms with Gasteiger partial charge in [0.1, 0.15) is 6.07 Å². The minimum atomic E-state index is -1.30. The summed E-state index contributed by atoms with van der Waals surface area (Å²) in [6.07, 6.45) is -2.61. The topological polar surface area (TPSA) is 157 Å². The van der Waals surface area contributed by atoms with E-state index in [4.69, 9.17) is 0 Å². The molecule has 0 fully saturated rings. The van der Waals surface area contributed by atoms with Gasteiger partial charge in [-0.3, -0.25) is 20.2 Å². The van der Waals surface area contributed by atoms with E-state index in [0.717, 1.165) is 14.2 Å². The smallest absolute Gasteiger partial charge is 0.437 e. The first-order chi connectivity index (χ1) is 10.3. The molecule has 0 heterocycles. The van der Waals surface area contributed by atoms with Gasteiger partial charge in [0.15, 0.2) is 0 Å². The molecule has 0 spiro atoms. The number of hydrogen-bond donors (Lipinski definition) is 0. The average molecular weight is 316 g/mol. The van der Waals surface area contributed by atoms with E-state index in [2.05, 4.69) is 18.9 Å². The first kappa shape index (κ1) is 16.6. The SMILES string of the molecule is COC(=O)Oc1cc(OC(=O)OC)c([N+](=O)[O-])cc1[N+](=O)[O-]. The fourth-order valence-corrected chi connectivity index (χ4v) is 1.25. The Balaban J connectivity index is 3.44. The molecular weight excluding hydrogens is 308 g/mol. The summed E-state index contributed by atoms with van der Waals surface area (Å²) in [4.78, 5) is 41.8. The molecule has 0 aromatic heterocycles. The van der Waals surface area contributed by atoms with Gasteiger partial charge in [0.25, 0.3) is 0 Å². The predicted octanol–water partition coefficient (Wildman–Crippen LogP) is 1.79. The van der Waals surface area contributed by atoms with E-state index in [9.17, 15) is 29.8 Å². The minimum absolute atomic E-state index is 0.469. The van der Waals surface area contributed by atoms with Gasteiger partial charge in [0, 0.05) is 6.07 Å². The summed E-state index contributed by atoms with van der Waals surface area (Å²) in [5.41, 5.74) is -1.79. The van der Waals surface area contributed by atoms with Crippen molar-refractivity contribution in [3.8, 4) is 11.5 Å². The van der Waals surface area contributed by atoms with Gasteiger partial charge in [-0.05, 0) is 0 Å². The highest BCUT2D eigenvalue weighted by Gasteiger charge is 2.29. The second kappa shape index (κ2) is 6.83. The van der Waals surface area contributed by atoms with Crippen molar-refractivity contribution in [3.63, 3.8) is 0 Å². The predicted molar refractivity (Wildman–Crippen MR) is 65.8 cm³/mol. The molecule has 0 saturated heterocycles. The molecule has 118 valence electrons. The zero-order valence-corrected chi connectivity index (χ0v) is 11.1. The number of nitro groups is 2. The summed E-state index contributed by atoms with van der Waals surface area (Å²) in [5, 5.41) is 21.7. The Morgan fingerprint density at radius 2 is 1.23 bits per heavy atom. The van der Waals surface area contributed by atoms with Gasteiger partial charge in [0.2, 0.25) is 11.5 Å². The molecule has 12 nitrogen and oxygen atoms in total. The van der Waals surface area contributed by atoms with Crippen LogP contribution in [0, 0.1) is 20.2 Å². The van der Waals surface area contributed by atoms with E-state index in [0.29, 0.717) is 12.1 Å². The number of rotatable bonds is 4. The summed E-state index contributed by atoms with van der Waals surface area (Å²) in [7, 11) is 1.90. The molecule has 0 aliphatic carbocycles. The van der Waals surface area contributed by atoms with Crippen LogP contribution < -0.4 is 9.47 Å². The van der Waals surface area contributed by atoms with Gasteiger partial charge in [-0.15, -0.1) is 0 Å². The van der Waals surface area contributed by atoms with Crippen LogP contribution in [0.1, 0.15) is 0 Å². The first-order valence-corrected chi connectivity index (χ1v) is 5.28. The lowest BCUT2D eigenvalue weighted by Gasteiger charge is -2.07. The van der Waals surface area contributed by atoms with Crippen LogP contribution in [-0.2, 0) is 9.47 Å². The zero-order chi connectivity index (χ0) is 16.9. The molecule has 0 aliphatic rings. The van der Waals surface area contributed by atoms with Crippen molar-refractivity contribution < 1.29 is 38.4 Å². The third-order valence-electron chi connectivity index (χ3n) is 2.15. The molecule has 0 N–H and O–H groups in total. The van der Waals surface area contributed by atoms with Crippen LogP contribution in [0.5, 0.6) is 11.5 Å². The van der Waals surface area contributed by atoms with Gasteiger partial charge in [0.05, 0.1) is 24.1 Å². The molecule has 0 unspecified atom stereocenters. The molecular formula is C10H8N2O10. The van der Waals surface area contributed by atoms with Crippen LogP contribution in [0.3, 0.4) is 0 Å². The van der Waals surface area contributed by atoms with Crippen LogP contribution in [0.15, 0.2) is 12.1 Å². The largest absolute Gasteiger partial charge is 0.513 e. The Hall–Kier alpha value is -3.44. The van der Waals surface area contributed by atoms with Crippen LogP contribution in [-0.4, -0.2) is 36.4 Å². The number of carbonyl (C=O) groups excluding carboxylic acids is 2. The van der Waals surface area contributed by atoms with E-state index >= 15 is 0 Å². The van der Waals surface area contributed by atoms with Crippen molar-refractivity contribution in [1.82, 2.24) is 0 Å². The Bertz CT molecular complexity index is 590. The number of ether oxygens (including phenoxy) is 4. The molecule has 22 heavy (non-hydrogen) atoms. The second-order valence-corrected chi connectivity index (χ2v) is 3.41. The Labute approximate surface area is 121 Å². The summed E-state index contributed by atoms with van der Waals surface area (Å²) >= 11 is 0. The Morgan fingerprint density at radius 1 is 0.864 bits per heavy atom. The highest BCUT2D eigenvalue weighted by atomic mass is 16.7. The molecule has 0 atom stereocenters. The maximum absolute atomic E-state index is 11.0. The van der Waals surface area contributed by atoms with Crippen molar-refractivity contribution in [2.24, 2.45) is 0 Å². The number of methoxy groups -OCH3 is 2. The van der Waals surface area contributed by atoms with Crippen LogP contribution in [0.25, 0.3) is 0 Å². The van der Waals surface area contributed by atoms with Gasteiger partial charge >= 0.3 is 23.7 Å². The Morgan fingerprint density at radius 3 is 1.50 bits per heavy atom. The Kier molecular flexibility index (Phi) is 5.16. The fourth-order valence-electron chi connectivity index (χ4n) is 1.25. The average Bonchev–Trinajstić information content (AvgIpc) is 2.46. The lowest BCUT2D eigenvalue weighted by atomic mass is 10.2. The minimum Gasteiger partial charge on any atom is -0.437 e. The maximum Gasteiger partial charge on any atom is 0.513 e. The number of hydrogen-bond acceptors (Lipinski definition) is 10. The van der Waals surface area contributed by atoms with Crippen LogP contribution in [0.4, 0.5) is 21.0 Å². The van der Waals surface area contributed by atoms with E-state index in [1.165, 1.54) is 0 Å². The first-order valence-electron chi connectivity index (χ1n) is 5.28. The van der Waals surface area contributed by atoms with Crippen molar-refractivity contribution >= 4 is 23.7 Å². The number of nitro benzene ring substituents is 2. The van der Waals surface area contributed by atoms with Crippen molar-refractivity contribution in [2.75, 3.05) is 14.2 Å². The van der Waals surface area contributed by atoms with Gasteiger partial charge in [-0.25, -0.2) is 9.59 Å². The summed E-state index contributed by atoms with van der Waals surface area (Å²) in [6.45, 7) is 0. The highest BCUT2D eigenvalue weighted by molar-refractivity contribution is 5.72. The van der Waals surface area contributed by atoms with Crippen molar-refractivity contribution in [3.05, 3.63) is 32.4 Å². The van der Waals surface area contributed by atoms with E-state index in [1.54, 1.807) is 0 Å². The molecule has 0 radical (unpaired) electrons. The lowest BCUT2D eigenvalue weighted by molar-refractivity contribution is -0.395. The number of nitrogens with zero attached hydrogens (tertiary/aromatic N) is 2. The molecule has 0 aliphatic heterocycles. The monoisotopic (exact) mass is 316 g/mol. The van der Waals surface area contributed by atoms with Gasteiger partial charge in [-0.2, -0.15) is 0 Å². The second-order valence-electron chi connectivity index (χ2n) is 3.41. The normalized spacial score (nSPS) is 9.55. The van der Waals surface area contributed by atoms with E-state index in [1.807, 2.05) is 0 Å². The fraction of sp³-hybridized carbons (Fsp3) is 0.200. The van der Waals surface area contributed by atoms with Crippen molar-refractivity contribution in [1.29, 1.82) is 0 Å². The molecule has 0 saturated carbocycles. The molecule has 1 rings (SSSR count).